The number of ether oxygens (including phenoxy) is 5. The lowest BCUT2D eigenvalue weighted by Gasteiger charge is -2.47. The van der Waals surface area contributed by atoms with Gasteiger partial charge in [0, 0.05) is 30.1 Å². The fraction of sp³-hybridized carbons (Fsp3) is 0.700. The molecule has 3 saturated heterocycles. The van der Waals surface area contributed by atoms with Crippen molar-refractivity contribution in [2.24, 2.45) is 28.7 Å². The first-order valence-corrected chi connectivity index (χ1v) is 18.8. The van der Waals surface area contributed by atoms with Gasteiger partial charge in [-0.05, 0) is 73.0 Å². The maximum atomic E-state index is 14.4. The zero-order valence-corrected chi connectivity index (χ0v) is 32.5. The van der Waals surface area contributed by atoms with E-state index in [1.165, 1.54) is 6.92 Å². The van der Waals surface area contributed by atoms with Crippen LogP contribution in [-0.4, -0.2) is 126 Å². The number of fused-ring (bicyclic) bond motifs is 1. The Morgan fingerprint density at radius 1 is 1.04 bits per heavy atom. The van der Waals surface area contributed by atoms with E-state index in [1.54, 1.807) is 25.7 Å². The molecule has 1 N–H and O–H groups in total. The van der Waals surface area contributed by atoms with Crippen LogP contribution in [0.4, 0.5) is 4.79 Å². The van der Waals surface area contributed by atoms with E-state index in [-0.39, 0.29) is 30.6 Å². The van der Waals surface area contributed by atoms with Crippen LogP contribution in [0.25, 0.3) is 6.08 Å². The summed E-state index contributed by atoms with van der Waals surface area (Å²) in [5.74, 6) is -3.64. The summed E-state index contributed by atoms with van der Waals surface area (Å²) < 4.78 is 31.9. The van der Waals surface area contributed by atoms with Crippen LogP contribution in [0.2, 0.25) is 0 Å². The van der Waals surface area contributed by atoms with Gasteiger partial charge in [-0.1, -0.05) is 63.3 Å². The number of Topliss-reactive ketones (excluding diaryl/α,β-unsaturated/α-hetero) is 1. The number of benzene rings is 1. The second kappa shape index (κ2) is 16.1. The van der Waals surface area contributed by atoms with E-state index in [9.17, 15) is 19.5 Å². The molecule has 13 atom stereocenters. The van der Waals surface area contributed by atoms with Gasteiger partial charge in [-0.25, -0.2) is 4.79 Å². The molecule has 0 aliphatic carbocycles. The van der Waals surface area contributed by atoms with Crippen LogP contribution in [0.3, 0.4) is 0 Å². The molecule has 2 bridgehead atoms. The van der Waals surface area contributed by atoms with Crippen LogP contribution in [0.1, 0.15) is 73.8 Å². The molecule has 1 unspecified atom stereocenters. The van der Waals surface area contributed by atoms with Gasteiger partial charge in [0.1, 0.15) is 18.1 Å². The number of hydrogen-bond donors (Lipinski definition) is 1. The molecule has 1 amide bonds. The highest BCUT2D eigenvalue weighted by molar-refractivity contribution is 6.00. The van der Waals surface area contributed by atoms with Crippen molar-refractivity contribution in [1.82, 2.24) is 9.80 Å². The first-order chi connectivity index (χ1) is 24.5. The number of carbonyl (C=O) groups is 3. The van der Waals surface area contributed by atoms with Gasteiger partial charge in [0.2, 0.25) is 0 Å². The quantitative estimate of drug-likeness (QED) is 0.309. The van der Waals surface area contributed by atoms with Crippen molar-refractivity contribution in [3.05, 3.63) is 42.0 Å². The van der Waals surface area contributed by atoms with Gasteiger partial charge in [-0.3, -0.25) is 19.5 Å². The van der Waals surface area contributed by atoms with Crippen molar-refractivity contribution in [1.29, 1.82) is 0 Å². The molecular formula is C40H59N3O9. The number of aliphatic imine (C=N–C) groups is 1. The lowest BCUT2D eigenvalue weighted by molar-refractivity contribution is -0.296. The fourth-order valence-corrected chi connectivity index (χ4v) is 8.85. The summed E-state index contributed by atoms with van der Waals surface area (Å²) in [6.07, 6.45) is 0.277. The minimum absolute atomic E-state index is 0.192. The van der Waals surface area contributed by atoms with Crippen LogP contribution >= 0.6 is 0 Å². The normalized spacial score (nSPS) is 40.6. The highest BCUT2D eigenvalue weighted by Crippen LogP contribution is 2.43. The number of cyclic esters (lactones) is 1. The average Bonchev–Trinajstić information content (AvgIpc) is 3.23. The molecule has 0 aromatic heterocycles. The van der Waals surface area contributed by atoms with Gasteiger partial charge >= 0.3 is 12.1 Å². The molecule has 1 aromatic carbocycles. The molecular weight excluding hydrogens is 666 g/mol. The van der Waals surface area contributed by atoms with E-state index in [2.05, 4.69) is 6.92 Å². The number of amides is 1. The van der Waals surface area contributed by atoms with Gasteiger partial charge in [0.15, 0.2) is 17.7 Å². The molecule has 0 spiro atoms. The predicted octanol–water partition coefficient (Wildman–Crippen LogP) is 4.77. The Balaban J connectivity index is 1.59. The second-order valence-corrected chi connectivity index (χ2v) is 15.9. The SMILES string of the molecule is C[C@H]1C(=O)O[C@@H](C)[C@@]2(C)OC(=O)N3CCN=C([C@H](C)C[C@](C)(OC/C=C/c4ccccc4)[C@H](OC4O[C@@H](C)C[C@@H](N(C)C)[C@@H]4O)[C@@H](C)C1=O)[C@@H](C)[C@@H]32. The number of aliphatic hydroxyl groups is 1. The minimum atomic E-state index is -1.18. The first-order valence-electron chi connectivity index (χ1n) is 18.8. The Hall–Kier alpha value is -3.16. The number of rotatable bonds is 7. The smallest absolute Gasteiger partial charge is 0.410 e. The molecule has 5 rings (SSSR count). The van der Waals surface area contributed by atoms with E-state index < -0.39 is 71.5 Å². The van der Waals surface area contributed by atoms with Crippen LogP contribution in [0.15, 0.2) is 41.4 Å². The number of esters is 1. The Kier molecular flexibility index (Phi) is 12.4. The van der Waals surface area contributed by atoms with Crippen molar-refractivity contribution in [2.75, 3.05) is 33.8 Å². The largest absolute Gasteiger partial charge is 0.458 e. The molecule has 12 nitrogen and oxygen atoms in total. The molecule has 288 valence electrons. The lowest BCUT2D eigenvalue weighted by Crippen LogP contribution is -2.60. The zero-order chi connectivity index (χ0) is 38.1. The molecule has 0 saturated carbocycles. The van der Waals surface area contributed by atoms with Gasteiger partial charge < -0.3 is 33.7 Å². The van der Waals surface area contributed by atoms with E-state index >= 15 is 0 Å². The molecule has 4 aliphatic heterocycles. The number of hydrogen-bond acceptors (Lipinski definition) is 11. The number of ketones is 1. The molecule has 4 aliphatic rings. The second-order valence-electron chi connectivity index (χ2n) is 15.9. The van der Waals surface area contributed by atoms with Gasteiger partial charge in [0.05, 0.1) is 37.0 Å². The zero-order valence-electron chi connectivity index (χ0n) is 32.5. The summed E-state index contributed by atoms with van der Waals surface area (Å²) in [5.41, 5.74) is -0.452. The van der Waals surface area contributed by atoms with Crippen molar-refractivity contribution >= 4 is 29.6 Å². The van der Waals surface area contributed by atoms with Crippen molar-refractivity contribution in [3.8, 4) is 0 Å². The lowest BCUT2D eigenvalue weighted by atomic mass is 9.73. The standard InChI is InChI=1S/C40H59N3O9/c1-23-22-39(7,48-20-14-17-29-15-12-11-13-16-29)35(51-37-33(45)30(42(9)10)21-24(2)49-37)26(4)32(44)27(5)36(46)50-28(6)40(8)34-25(3)31(23)41-18-19-43(34)38(47)52-40/h11-17,23-28,30,33-35,37,45H,18-22H2,1-10H3/b17-14+/t23-,24+,25-,26+,27-,28+,30-,33+,34-,35-,37?,39+,40-/m1/s1. The minimum Gasteiger partial charge on any atom is -0.458 e. The summed E-state index contributed by atoms with van der Waals surface area (Å²) >= 11 is 0. The Morgan fingerprint density at radius 3 is 2.40 bits per heavy atom. The number of nitrogens with zero attached hydrogens (tertiary/aromatic N) is 3. The van der Waals surface area contributed by atoms with E-state index in [1.807, 2.05) is 82.3 Å². The summed E-state index contributed by atoms with van der Waals surface area (Å²) in [6, 6.07) is 9.17. The van der Waals surface area contributed by atoms with Crippen molar-refractivity contribution in [2.45, 2.75) is 122 Å². The van der Waals surface area contributed by atoms with Crippen LogP contribution in [-0.2, 0) is 33.3 Å². The summed E-state index contributed by atoms with van der Waals surface area (Å²) in [7, 11) is 3.81. The molecule has 0 radical (unpaired) electrons. The van der Waals surface area contributed by atoms with E-state index in [4.69, 9.17) is 28.7 Å². The molecule has 4 heterocycles. The highest BCUT2D eigenvalue weighted by Gasteiger charge is 2.59. The highest BCUT2D eigenvalue weighted by atomic mass is 16.7. The number of likely N-dealkylation sites (N-methyl/N-ethyl adjacent to an activating group) is 1. The maximum Gasteiger partial charge on any atom is 0.410 e. The average molecular weight is 726 g/mol. The van der Waals surface area contributed by atoms with Crippen LogP contribution in [0, 0.1) is 23.7 Å². The monoisotopic (exact) mass is 725 g/mol. The molecule has 1 aromatic rings. The summed E-state index contributed by atoms with van der Waals surface area (Å²) in [4.78, 5) is 50.2. The molecule has 12 heteroatoms. The van der Waals surface area contributed by atoms with E-state index in [0.717, 1.165) is 11.3 Å². The van der Waals surface area contributed by atoms with Crippen molar-refractivity contribution in [3.63, 3.8) is 0 Å². The third-order valence-corrected chi connectivity index (χ3v) is 11.8. The topological polar surface area (TPSA) is 136 Å². The first kappa shape index (κ1) is 40.0. The van der Waals surface area contributed by atoms with Gasteiger partial charge in [0.25, 0.3) is 0 Å². The maximum absolute atomic E-state index is 14.4. The molecule has 52 heavy (non-hydrogen) atoms. The molecule has 3 fully saturated rings. The predicted molar refractivity (Wildman–Crippen MR) is 197 cm³/mol. The van der Waals surface area contributed by atoms with E-state index in [0.29, 0.717) is 25.9 Å². The fourth-order valence-electron chi connectivity index (χ4n) is 8.85. The Bertz CT molecular complexity index is 1500. The van der Waals surface area contributed by atoms with Crippen LogP contribution < -0.4 is 0 Å². The van der Waals surface area contributed by atoms with Gasteiger partial charge in [-0.15, -0.1) is 0 Å². The third-order valence-electron chi connectivity index (χ3n) is 11.8. The number of aliphatic hydroxyl groups excluding tert-OH is 1. The number of carbonyl (C=O) groups excluding carboxylic acids is 3. The van der Waals surface area contributed by atoms with Gasteiger partial charge in [-0.2, -0.15) is 0 Å². The van der Waals surface area contributed by atoms with Crippen molar-refractivity contribution < 1.29 is 43.2 Å². The Morgan fingerprint density at radius 2 is 1.73 bits per heavy atom. The van der Waals surface area contributed by atoms with Crippen LogP contribution in [0.5, 0.6) is 0 Å². The Labute approximate surface area is 308 Å². The summed E-state index contributed by atoms with van der Waals surface area (Å²) in [5, 5.41) is 11.6. The summed E-state index contributed by atoms with van der Waals surface area (Å²) in [6.45, 7) is 15.7. The third kappa shape index (κ3) is 8.01.